The van der Waals surface area contributed by atoms with Crippen LogP contribution in [0.2, 0.25) is 0 Å². The molecule has 0 aliphatic carbocycles. The monoisotopic (exact) mass is 248 g/mol. The molecule has 2 rings (SSSR count). The topological polar surface area (TPSA) is 38.9 Å². The van der Waals surface area contributed by atoms with Gasteiger partial charge in [-0.25, -0.2) is 4.98 Å². The molecule has 1 aromatic heterocycles. The van der Waals surface area contributed by atoms with Gasteiger partial charge in [0.05, 0.1) is 5.69 Å². The molecule has 70 valence electrons. The second kappa shape index (κ2) is 3.80. The Morgan fingerprint density at radius 3 is 2.50 bits per heavy atom. The number of para-hydroxylation sites is 1. The van der Waals surface area contributed by atoms with Gasteiger partial charge < -0.3 is 5.73 Å². The van der Waals surface area contributed by atoms with Crippen molar-refractivity contribution in [1.82, 2.24) is 4.98 Å². The Labute approximate surface area is 90.9 Å². The number of anilines is 1. The Bertz CT molecular complexity index is 455. The minimum absolute atomic E-state index is 0.748. The maximum atomic E-state index is 5.85. The van der Waals surface area contributed by atoms with Gasteiger partial charge in [0, 0.05) is 11.3 Å². The Hall–Kier alpha value is -1.35. The molecule has 0 saturated carbocycles. The van der Waals surface area contributed by atoms with Crippen molar-refractivity contribution >= 4 is 21.6 Å². The second-order valence-electron chi connectivity index (χ2n) is 2.93. The van der Waals surface area contributed by atoms with Gasteiger partial charge in [-0.05, 0) is 34.1 Å². The zero-order chi connectivity index (χ0) is 9.97. The Morgan fingerprint density at radius 2 is 1.79 bits per heavy atom. The highest BCUT2D eigenvalue weighted by Gasteiger charge is 2.02. The number of hydrogen-bond acceptors (Lipinski definition) is 2. The molecule has 0 saturated heterocycles. The van der Waals surface area contributed by atoms with E-state index in [4.69, 9.17) is 5.73 Å². The van der Waals surface area contributed by atoms with Crippen LogP contribution in [0.5, 0.6) is 0 Å². The van der Waals surface area contributed by atoms with Crippen LogP contribution in [0.4, 0.5) is 5.69 Å². The summed E-state index contributed by atoms with van der Waals surface area (Å²) in [5, 5.41) is 0. The first-order valence-corrected chi connectivity index (χ1v) is 5.04. The highest BCUT2D eigenvalue weighted by atomic mass is 79.9. The molecular weight excluding hydrogens is 240 g/mol. The molecule has 1 heterocycles. The molecule has 0 aliphatic heterocycles. The number of benzene rings is 1. The van der Waals surface area contributed by atoms with E-state index in [1.54, 1.807) is 0 Å². The van der Waals surface area contributed by atoms with Crippen LogP contribution in [-0.2, 0) is 0 Å². The van der Waals surface area contributed by atoms with Crippen molar-refractivity contribution in [3.05, 3.63) is 47.1 Å². The van der Waals surface area contributed by atoms with Gasteiger partial charge in [0.1, 0.15) is 4.60 Å². The first-order valence-electron chi connectivity index (χ1n) is 4.25. The molecule has 2 nitrogen and oxygen atoms in total. The number of nitrogens with two attached hydrogens (primary N) is 1. The standard InChI is InChI=1S/C11H9BrN2/c12-11-7-3-6-10(14-11)8-4-1-2-5-9(8)13/h1-7H,13H2. The average molecular weight is 249 g/mol. The molecule has 0 radical (unpaired) electrons. The summed E-state index contributed by atoms with van der Waals surface area (Å²) in [7, 11) is 0. The van der Waals surface area contributed by atoms with Crippen LogP contribution in [0.3, 0.4) is 0 Å². The molecule has 0 unspecified atom stereocenters. The van der Waals surface area contributed by atoms with Gasteiger partial charge >= 0.3 is 0 Å². The van der Waals surface area contributed by atoms with Gasteiger partial charge in [-0.2, -0.15) is 0 Å². The smallest absolute Gasteiger partial charge is 0.106 e. The highest BCUT2D eigenvalue weighted by Crippen LogP contribution is 2.24. The van der Waals surface area contributed by atoms with Crippen molar-refractivity contribution in [2.24, 2.45) is 0 Å². The fourth-order valence-electron chi connectivity index (χ4n) is 1.29. The molecule has 1 aromatic carbocycles. The van der Waals surface area contributed by atoms with E-state index in [0.29, 0.717) is 0 Å². The number of aromatic nitrogens is 1. The SMILES string of the molecule is Nc1ccccc1-c1cccc(Br)n1. The number of nitrogens with zero attached hydrogens (tertiary/aromatic N) is 1. The molecule has 0 amide bonds. The summed E-state index contributed by atoms with van der Waals surface area (Å²) in [6, 6.07) is 13.5. The number of nitrogen functional groups attached to an aromatic ring is 1. The van der Waals surface area contributed by atoms with E-state index in [0.717, 1.165) is 21.5 Å². The molecule has 14 heavy (non-hydrogen) atoms. The largest absolute Gasteiger partial charge is 0.398 e. The van der Waals surface area contributed by atoms with Crippen LogP contribution in [0.1, 0.15) is 0 Å². The first-order chi connectivity index (χ1) is 6.77. The van der Waals surface area contributed by atoms with E-state index in [2.05, 4.69) is 20.9 Å². The van der Waals surface area contributed by atoms with Crippen molar-refractivity contribution in [1.29, 1.82) is 0 Å². The minimum Gasteiger partial charge on any atom is -0.398 e. The molecule has 0 atom stereocenters. The van der Waals surface area contributed by atoms with Crippen molar-refractivity contribution in [3.63, 3.8) is 0 Å². The quantitative estimate of drug-likeness (QED) is 0.623. The van der Waals surface area contributed by atoms with E-state index in [9.17, 15) is 0 Å². The zero-order valence-electron chi connectivity index (χ0n) is 7.44. The average Bonchev–Trinajstić information content (AvgIpc) is 2.18. The molecule has 0 aliphatic rings. The predicted molar refractivity (Wildman–Crippen MR) is 61.8 cm³/mol. The van der Waals surface area contributed by atoms with Crippen LogP contribution < -0.4 is 5.73 Å². The van der Waals surface area contributed by atoms with Crippen LogP contribution in [0, 0.1) is 0 Å². The molecule has 0 bridgehead atoms. The molecule has 0 spiro atoms. The first kappa shape index (κ1) is 9.21. The third-order valence-corrected chi connectivity index (χ3v) is 2.39. The van der Waals surface area contributed by atoms with E-state index in [1.165, 1.54) is 0 Å². The van der Waals surface area contributed by atoms with Crippen LogP contribution in [0.15, 0.2) is 47.1 Å². The number of hydrogen-bond donors (Lipinski definition) is 1. The van der Waals surface area contributed by atoms with Gasteiger partial charge in [0.15, 0.2) is 0 Å². The molecular formula is C11H9BrN2. The third-order valence-electron chi connectivity index (χ3n) is 1.95. The number of pyridine rings is 1. The van der Waals surface area contributed by atoms with Gasteiger partial charge in [-0.15, -0.1) is 0 Å². The summed E-state index contributed by atoms with van der Waals surface area (Å²) >= 11 is 3.33. The van der Waals surface area contributed by atoms with E-state index >= 15 is 0 Å². The zero-order valence-corrected chi connectivity index (χ0v) is 9.03. The fourth-order valence-corrected chi connectivity index (χ4v) is 1.63. The van der Waals surface area contributed by atoms with Crippen LogP contribution >= 0.6 is 15.9 Å². The molecule has 3 heteroatoms. The predicted octanol–water partition coefficient (Wildman–Crippen LogP) is 3.09. The third kappa shape index (κ3) is 1.77. The number of halogens is 1. The molecule has 2 N–H and O–H groups in total. The maximum absolute atomic E-state index is 5.85. The Morgan fingerprint density at radius 1 is 1.00 bits per heavy atom. The summed E-state index contributed by atoms with van der Waals surface area (Å²) in [4.78, 5) is 4.34. The molecule has 2 aromatic rings. The summed E-state index contributed by atoms with van der Waals surface area (Å²) in [5.74, 6) is 0. The van der Waals surface area contributed by atoms with Crippen molar-refractivity contribution in [3.8, 4) is 11.3 Å². The lowest BCUT2D eigenvalue weighted by atomic mass is 10.1. The van der Waals surface area contributed by atoms with Gasteiger partial charge in [-0.3, -0.25) is 0 Å². The van der Waals surface area contributed by atoms with Gasteiger partial charge in [0.2, 0.25) is 0 Å². The normalized spacial score (nSPS) is 10.1. The fraction of sp³-hybridized carbons (Fsp3) is 0. The Kier molecular flexibility index (Phi) is 2.50. The minimum atomic E-state index is 0.748. The van der Waals surface area contributed by atoms with E-state index in [-0.39, 0.29) is 0 Å². The van der Waals surface area contributed by atoms with Crippen molar-refractivity contribution < 1.29 is 0 Å². The summed E-state index contributed by atoms with van der Waals surface area (Å²) in [6.45, 7) is 0. The number of rotatable bonds is 1. The van der Waals surface area contributed by atoms with Crippen molar-refractivity contribution in [2.75, 3.05) is 5.73 Å². The summed E-state index contributed by atoms with van der Waals surface area (Å²) < 4.78 is 0.818. The lowest BCUT2D eigenvalue weighted by Gasteiger charge is -2.04. The lowest BCUT2D eigenvalue weighted by Crippen LogP contribution is -1.91. The van der Waals surface area contributed by atoms with Crippen molar-refractivity contribution in [2.45, 2.75) is 0 Å². The van der Waals surface area contributed by atoms with Gasteiger partial charge in [-0.1, -0.05) is 24.3 Å². The van der Waals surface area contributed by atoms with E-state index in [1.807, 2.05) is 42.5 Å². The summed E-state index contributed by atoms with van der Waals surface area (Å²) in [5.41, 5.74) is 8.45. The lowest BCUT2D eigenvalue weighted by molar-refractivity contribution is 1.28. The van der Waals surface area contributed by atoms with E-state index < -0.39 is 0 Å². The van der Waals surface area contributed by atoms with Crippen LogP contribution in [-0.4, -0.2) is 4.98 Å². The van der Waals surface area contributed by atoms with Gasteiger partial charge in [0.25, 0.3) is 0 Å². The van der Waals surface area contributed by atoms with Crippen LogP contribution in [0.25, 0.3) is 11.3 Å². The Balaban J connectivity index is 2.55. The highest BCUT2D eigenvalue weighted by molar-refractivity contribution is 9.10. The maximum Gasteiger partial charge on any atom is 0.106 e. The second-order valence-corrected chi connectivity index (χ2v) is 3.75. The molecule has 0 fully saturated rings. The summed E-state index contributed by atoms with van der Waals surface area (Å²) in [6.07, 6.45) is 0.